The number of carboxylic acid groups (broad SMARTS) is 1. The van der Waals surface area contributed by atoms with Crippen LogP contribution in [0, 0.1) is 6.92 Å². The van der Waals surface area contributed by atoms with Crippen molar-refractivity contribution < 1.29 is 14.7 Å². The second-order valence-electron chi connectivity index (χ2n) is 10.5. The summed E-state index contributed by atoms with van der Waals surface area (Å²) in [4.78, 5) is 31.2. The molecule has 5 rings (SSSR count). The topological polar surface area (TPSA) is 85.4 Å². The first-order chi connectivity index (χ1) is 21.1. The Morgan fingerprint density at radius 2 is 1.61 bits per heavy atom. The summed E-state index contributed by atoms with van der Waals surface area (Å²) in [7, 11) is 0. The minimum Gasteiger partial charge on any atom is -0.478 e. The predicted molar refractivity (Wildman–Crippen MR) is 180 cm³/mol. The van der Waals surface area contributed by atoms with Crippen LogP contribution in [-0.2, 0) is 0 Å². The quantitative estimate of drug-likeness (QED) is 0.152. The van der Waals surface area contributed by atoms with Crippen molar-refractivity contribution in [3.05, 3.63) is 147 Å². The van der Waals surface area contributed by atoms with Crippen LogP contribution in [0.4, 0.5) is 5.69 Å². The standard InChI is InChI=1S/C36H31Cl2N3O3/c1-5-41(23(4)25-13-15-27(37)16-14-25)34(22(3)24-9-7-6-8-10-24)32-29-18-17-28(38)20-31(29)39-33(32)35(42)40-30-19-26(36(43)44)12-11-21(30)2/h5-20,23,39H,1H2,2-4H3,(H,40,42)(H,43,44)/b34-22+. The summed E-state index contributed by atoms with van der Waals surface area (Å²) in [6.45, 7) is 10.1. The van der Waals surface area contributed by atoms with Gasteiger partial charge < -0.3 is 20.3 Å². The first kappa shape index (κ1) is 30.7. The number of aromatic nitrogens is 1. The molecule has 0 fully saturated rings. The molecule has 0 aliphatic heterocycles. The minimum atomic E-state index is -1.08. The van der Waals surface area contributed by atoms with Gasteiger partial charge in [-0.25, -0.2) is 4.79 Å². The Bertz CT molecular complexity index is 1910. The molecule has 0 saturated heterocycles. The van der Waals surface area contributed by atoms with Crippen LogP contribution >= 0.6 is 23.2 Å². The molecule has 1 amide bonds. The molecule has 222 valence electrons. The van der Waals surface area contributed by atoms with E-state index in [1.165, 1.54) is 12.1 Å². The van der Waals surface area contributed by atoms with Gasteiger partial charge in [0, 0.05) is 32.2 Å². The first-order valence-corrected chi connectivity index (χ1v) is 14.7. The summed E-state index contributed by atoms with van der Waals surface area (Å²) in [6.07, 6.45) is 1.76. The zero-order chi connectivity index (χ0) is 31.5. The number of hydrogen-bond acceptors (Lipinski definition) is 3. The third-order valence-corrected chi connectivity index (χ3v) is 8.23. The van der Waals surface area contributed by atoms with E-state index in [1.807, 2.05) is 74.5 Å². The molecular formula is C36H31Cl2N3O3. The molecular weight excluding hydrogens is 593 g/mol. The van der Waals surface area contributed by atoms with Gasteiger partial charge in [-0.15, -0.1) is 0 Å². The molecule has 0 aliphatic rings. The van der Waals surface area contributed by atoms with Crippen LogP contribution in [0.15, 0.2) is 104 Å². The van der Waals surface area contributed by atoms with E-state index in [9.17, 15) is 14.7 Å². The smallest absolute Gasteiger partial charge is 0.335 e. The number of rotatable bonds is 9. The summed E-state index contributed by atoms with van der Waals surface area (Å²) < 4.78 is 0. The molecule has 6 nitrogen and oxygen atoms in total. The lowest BCUT2D eigenvalue weighted by molar-refractivity contribution is 0.0696. The Morgan fingerprint density at radius 1 is 0.932 bits per heavy atom. The molecule has 1 heterocycles. The van der Waals surface area contributed by atoms with Gasteiger partial charge in [-0.2, -0.15) is 0 Å². The molecule has 0 aliphatic carbocycles. The minimum absolute atomic E-state index is 0.0738. The zero-order valence-corrected chi connectivity index (χ0v) is 26.0. The van der Waals surface area contributed by atoms with Gasteiger partial charge in [-0.3, -0.25) is 4.79 Å². The van der Waals surface area contributed by atoms with E-state index in [1.54, 1.807) is 24.4 Å². The number of carbonyl (C=O) groups excluding carboxylic acids is 1. The van der Waals surface area contributed by atoms with Crippen LogP contribution in [0.3, 0.4) is 0 Å². The Hall–Kier alpha value is -4.78. The molecule has 0 saturated carbocycles. The fraction of sp³-hybridized carbons (Fsp3) is 0.111. The van der Waals surface area contributed by atoms with Crippen LogP contribution < -0.4 is 5.32 Å². The molecule has 1 aromatic heterocycles. The monoisotopic (exact) mass is 623 g/mol. The number of benzene rings is 4. The highest BCUT2D eigenvalue weighted by Crippen LogP contribution is 2.41. The number of allylic oxidation sites excluding steroid dienone is 1. The second kappa shape index (κ2) is 12.8. The predicted octanol–water partition coefficient (Wildman–Crippen LogP) is 9.83. The number of aromatic carboxylic acids is 1. The third kappa shape index (κ3) is 6.13. The summed E-state index contributed by atoms with van der Waals surface area (Å²) in [5.41, 5.74) is 6.48. The Balaban J connectivity index is 1.76. The molecule has 1 unspecified atom stereocenters. The van der Waals surface area contributed by atoms with Gasteiger partial charge in [0.2, 0.25) is 0 Å². The average molecular weight is 625 g/mol. The van der Waals surface area contributed by atoms with Crippen molar-refractivity contribution in [2.75, 3.05) is 5.32 Å². The van der Waals surface area contributed by atoms with Crippen molar-refractivity contribution in [1.82, 2.24) is 9.88 Å². The summed E-state index contributed by atoms with van der Waals surface area (Å²) in [5, 5.41) is 14.4. The van der Waals surface area contributed by atoms with Crippen molar-refractivity contribution in [3.63, 3.8) is 0 Å². The molecule has 3 N–H and O–H groups in total. The van der Waals surface area contributed by atoms with E-state index >= 15 is 0 Å². The number of anilines is 1. The lowest BCUT2D eigenvalue weighted by Gasteiger charge is -2.32. The molecule has 44 heavy (non-hydrogen) atoms. The zero-order valence-electron chi connectivity index (χ0n) is 24.5. The highest BCUT2D eigenvalue weighted by atomic mass is 35.5. The highest BCUT2D eigenvalue weighted by molar-refractivity contribution is 6.31. The summed E-state index contributed by atoms with van der Waals surface area (Å²) >= 11 is 12.6. The number of H-pyrrole nitrogens is 1. The Labute approximate surface area is 266 Å². The van der Waals surface area contributed by atoms with Crippen LogP contribution in [0.2, 0.25) is 10.0 Å². The van der Waals surface area contributed by atoms with E-state index < -0.39 is 11.9 Å². The van der Waals surface area contributed by atoms with E-state index in [2.05, 4.69) is 28.7 Å². The Morgan fingerprint density at radius 3 is 2.27 bits per heavy atom. The highest BCUT2D eigenvalue weighted by Gasteiger charge is 2.28. The molecule has 8 heteroatoms. The molecule has 5 aromatic rings. The van der Waals surface area contributed by atoms with E-state index in [-0.39, 0.29) is 11.6 Å². The normalized spacial score (nSPS) is 12.4. The van der Waals surface area contributed by atoms with Gasteiger partial charge in [-0.05, 0) is 85.6 Å². The van der Waals surface area contributed by atoms with Gasteiger partial charge in [0.1, 0.15) is 5.69 Å². The van der Waals surface area contributed by atoms with Gasteiger partial charge in [0.25, 0.3) is 5.91 Å². The fourth-order valence-electron chi connectivity index (χ4n) is 5.34. The number of nitrogens with zero attached hydrogens (tertiary/aromatic N) is 1. The molecule has 0 radical (unpaired) electrons. The van der Waals surface area contributed by atoms with Crippen LogP contribution in [-0.4, -0.2) is 26.9 Å². The Kier molecular flexibility index (Phi) is 8.95. The second-order valence-corrected chi connectivity index (χ2v) is 11.4. The summed E-state index contributed by atoms with van der Waals surface area (Å²) in [6, 6.07) is 27.5. The van der Waals surface area contributed by atoms with Crippen LogP contribution in [0.1, 0.15) is 63.0 Å². The van der Waals surface area contributed by atoms with Crippen molar-refractivity contribution >= 4 is 62.9 Å². The molecule has 1 atom stereocenters. The number of amides is 1. The average Bonchev–Trinajstić information content (AvgIpc) is 3.39. The maximum absolute atomic E-state index is 14.2. The SMILES string of the molecule is C=CN(/C(=C(\C)c1ccccc1)c1c(C(=O)Nc2cc(C(=O)O)ccc2C)[nH]c2cc(Cl)ccc12)C(C)c1ccc(Cl)cc1. The number of halogens is 2. The molecule has 4 aromatic carbocycles. The number of carbonyl (C=O) groups is 2. The summed E-state index contributed by atoms with van der Waals surface area (Å²) in [5.74, 6) is -1.51. The maximum Gasteiger partial charge on any atom is 0.335 e. The number of nitrogens with one attached hydrogen (secondary N) is 2. The van der Waals surface area contributed by atoms with Gasteiger partial charge in [0.15, 0.2) is 0 Å². The van der Waals surface area contributed by atoms with Crippen LogP contribution in [0.5, 0.6) is 0 Å². The number of hydrogen-bond donors (Lipinski definition) is 3. The number of fused-ring (bicyclic) bond motifs is 1. The van der Waals surface area contributed by atoms with Gasteiger partial charge >= 0.3 is 5.97 Å². The van der Waals surface area contributed by atoms with Crippen LogP contribution in [0.25, 0.3) is 22.2 Å². The molecule has 0 bridgehead atoms. The number of aromatic amines is 1. The number of carboxylic acids is 1. The van der Waals surface area contributed by atoms with Crippen molar-refractivity contribution in [3.8, 4) is 0 Å². The lowest BCUT2D eigenvalue weighted by atomic mass is 9.95. The third-order valence-electron chi connectivity index (χ3n) is 7.74. The number of aryl methyl sites for hydroxylation is 1. The van der Waals surface area contributed by atoms with Crippen molar-refractivity contribution in [2.24, 2.45) is 0 Å². The lowest BCUT2D eigenvalue weighted by Crippen LogP contribution is -2.23. The first-order valence-electron chi connectivity index (χ1n) is 14.0. The fourth-order valence-corrected chi connectivity index (χ4v) is 5.64. The van der Waals surface area contributed by atoms with Gasteiger partial charge in [0.05, 0.1) is 17.3 Å². The van der Waals surface area contributed by atoms with Gasteiger partial charge in [-0.1, -0.05) is 84.4 Å². The van der Waals surface area contributed by atoms with E-state index in [4.69, 9.17) is 23.2 Å². The maximum atomic E-state index is 14.2. The van der Waals surface area contributed by atoms with E-state index in [0.717, 1.165) is 33.3 Å². The van der Waals surface area contributed by atoms with Crippen molar-refractivity contribution in [2.45, 2.75) is 26.8 Å². The largest absolute Gasteiger partial charge is 0.478 e. The van der Waals surface area contributed by atoms with Crippen molar-refractivity contribution in [1.29, 1.82) is 0 Å². The van der Waals surface area contributed by atoms with E-state index in [0.29, 0.717) is 32.5 Å². The molecule has 0 spiro atoms.